The zero-order chi connectivity index (χ0) is 24.7. The third-order valence-corrected chi connectivity index (χ3v) is 6.62. The summed E-state index contributed by atoms with van der Waals surface area (Å²) in [4.78, 5) is 12.7. The van der Waals surface area contributed by atoms with Gasteiger partial charge in [-0.1, -0.05) is 48.5 Å². The molecule has 0 saturated heterocycles. The molecule has 0 unspecified atom stereocenters. The normalized spacial score (nSPS) is 11.1. The third-order valence-electron chi connectivity index (χ3n) is 5.15. The predicted octanol–water partition coefficient (Wildman–Crippen LogP) is 4.09. The molecule has 0 saturated carbocycles. The van der Waals surface area contributed by atoms with E-state index in [2.05, 4.69) is 4.72 Å². The molecular formula is C26H22N4O4S. The molecule has 1 aromatic heterocycles. The van der Waals surface area contributed by atoms with Crippen LogP contribution < -0.4 is 4.72 Å². The molecule has 0 aliphatic carbocycles. The van der Waals surface area contributed by atoms with E-state index in [1.165, 1.54) is 24.3 Å². The number of ether oxygens (including phenoxy) is 1. The fourth-order valence-electron chi connectivity index (χ4n) is 3.39. The van der Waals surface area contributed by atoms with Crippen molar-refractivity contribution in [2.75, 3.05) is 6.54 Å². The van der Waals surface area contributed by atoms with E-state index in [0.29, 0.717) is 5.69 Å². The Balaban J connectivity index is 1.51. The number of esters is 1. The number of nitrogens with one attached hydrogen (secondary N) is 1. The van der Waals surface area contributed by atoms with Crippen LogP contribution in [0.25, 0.3) is 16.9 Å². The summed E-state index contributed by atoms with van der Waals surface area (Å²) in [6, 6.07) is 26.6. The number of aromatic nitrogens is 2. The zero-order valence-corrected chi connectivity index (χ0v) is 19.5. The smallest absolute Gasteiger partial charge is 0.338 e. The van der Waals surface area contributed by atoms with Crippen molar-refractivity contribution in [2.45, 2.75) is 17.9 Å². The number of rotatable bonds is 9. The van der Waals surface area contributed by atoms with Gasteiger partial charge in [0.25, 0.3) is 0 Å². The second-order valence-corrected chi connectivity index (χ2v) is 9.32. The molecule has 0 amide bonds. The molecule has 176 valence electrons. The van der Waals surface area contributed by atoms with Gasteiger partial charge in [-0.15, -0.1) is 0 Å². The van der Waals surface area contributed by atoms with E-state index in [1.54, 1.807) is 4.68 Å². The first-order valence-electron chi connectivity index (χ1n) is 10.8. The summed E-state index contributed by atoms with van der Waals surface area (Å²) in [7, 11) is -3.75. The lowest BCUT2D eigenvalue weighted by Gasteiger charge is -2.07. The molecular weight excluding hydrogens is 464 g/mol. The Bertz CT molecular complexity index is 1440. The topological polar surface area (TPSA) is 114 Å². The van der Waals surface area contributed by atoms with Gasteiger partial charge in [-0.25, -0.2) is 22.6 Å². The van der Waals surface area contributed by atoms with Gasteiger partial charge in [0.1, 0.15) is 6.61 Å². The first kappa shape index (κ1) is 23.9. The van der Waals surface area contributed by atoms with Crippen molar-refractivity contribution in [3.63, 3.8) is 0 Å². The maximum atomic E-state index is 12.7. The number of hydrogen-bond donors (Lipinski definition) is 1. The number of para-hydroxylation sites is 1. The van der Waals surface area contributed by atoms with E-state index in [0.717, 1.165) is 16.8 Å². The number of sulfonamides is 1. The molecule has 8 nitrogen and oxygen atoms in total. The number of hydrogen-bond acceptors (Lipinski definition) is 6. The van der Waals surface area contributed by atoms with Crippen LogP contribution >= 0.6 is 0 Å². The highest BCUT2D eigenvalue weighted by Gasteiger charge is 2.17. The maximum Gasteiger partial charge on any atom is 0.338 e. The molecule has 0 bridgehead atoms. The molecule has 0 aliphatic rings. The van der Waals surface area contributed by atoms with E-state index in [-0.39, 0.29) is 30.0 Å². The van der Waals surface area contributed by atoms with Crippen LogP contribution in [0.15, 0.2) is 96.0 Å². The summed E-state index contributed by atoms with van der Waals surface area (Å²) < 4.78 is 34.1. The van der Waals surface area contributed by atoms with Crippen LogP contribution in [0, 0.1) is 11.3 Å². The molecule has 1 heterocycles. The summed E-state index contributed by atoms with van der Waals surface area (Å²) in [5, 5.41) is 13.3. The number of nitriles is 1. The van der Waals surface area contributed by atoms with Crippen LogP contribution in [-0.4, -0.2) is 30.7 Å². The lowest BCUT2D eigenvalue weighted by molar-refractivity contribution is 0.0473. The molecule has 9 heteroatoms. The summed E-state index contributed by atoms with van der Waals surface area (Å²) in [6.07, 6.45) is 1.89. The Morgan fingerprint density at radius 1 is 0.971 bits per heavy atom. The third kappa shape index (κ3) is 5.81. The van der Waals surface area contributed by atoms with E-state index < -0.39 is 16.0 Å². The molecule has 0 radical (unpaired) electrons. The van der Waals surface area contributed by atoms with Crippen LogP contribution in [-0.2, 0) is 21.4 Å². The van der Waals surface area contributed by atoms with E-state index in [9.17, 15) is 13.2 Å². The number of carbonyl (C=O) groups excluding carboxylic acids is 1. The molecule has 0 atom stereocenters. The van der Waals surface area contributed by atoms with Gasteiger partial charge in [-0.3, -0.25) is 0 Å². The van der Waals surface area contributed by atoms with E-state index in [4.69, 9.17) is 15.1 Å². The Hall–Kier alpha value is -4.26. The lowest BCUT2D eigenvalue weighted by Crippen LogP contribution is -2.24. The maximum absolute atomic E-state index is 12.7. The number of carbonyl (C=O) groups is 1. The highest BCUT2D eigenvalue weighted by molar-refractivity contribution is 7.89. The Morgan fingerprint density at radius 2 is 1.63 bits per heavy atom. The first-order chi connectivity index (χ1) is 17.0. The van der Waals surface area contributed by atoms with E-state index in [1.807, 2.05) is 72.9 Å². The predicted molar refractivity (Wildman–Crippen MR) is 130 cm³/mol. The summed E-state index contributed by atoms with van der Waals surface area (Å²) in [5.41, 5.74) is 3.42. The second kappa shape index (κ2) is 10.8. The van der Waals surface area contributed by atoms with Gasteiger partial charge in [0.2, 0.25) is 10.0 Å². The Labute approximate surface area is 203 Å². The molecule has 0 fully saturated rings. The Morgan fingerprint density at radius 3 is 2.29 bits per heavy atom. The average molecular weight is 487 g/mol. The minimum Gasteiger partial charge on any atom is -0.457 e. The minimum absolute atomic E-state index is 0.00231. The minimum atomic E-state index is -3.75. The monoisotopic (exact) mass is 486 g/mol. The van der Waals surface area contributed by atoms with Gasteiger partial charge < -0.3 is 4.74 Å². The molecule has 35 heavy (non-hydrogen) atoms. The average Bonchev–Trinajstić information content (AvgIpc) is 3.33. The molecule has 0 spiro atoms. The van der Waals surface area contributed by atoms with Crippen molar-refractivity contribution in [2.24, 2.45) is 0 Å². The van der Waals surface area contributed by atoms with Gasteiger partial charge in [-0.2, -0.15) is 10.4 Å². The van der Waals surface area contributed by atoms with Crippen LogP contribution in [0.1, 0.15) is 22.3 Å². The van der Waals surface area contributed by atoms with Gasteiger partial charge in [0.15, 0.2) is 0 Å². The van der Waals surface area contributed by atoms with Crippen molar-refractivity contribution in [1.29, 1.82) is 5.26 Å². The van der Waals surface area contributed by atoms with Gasteiger partial charge in [0.05, 0.1) is 27.9 Å². The summed E-state index contributed by atoms with van der Waals surface area (Å²) in [5.74, 6) is -0.585. The van der Waals surface area contributed by atoms with Crippen molar-refractivity contribution in [3.05, 3.63) is 102 Å². The molecule has 3 aromatic carbocycles. The molecule has 4 aromatic rings. The quantitative estimate of drug-likeness (QED) is 0.282. The fraction of sp³-hybridized carbons (Fsp3) is 0.115. The van der Waals surface area contributed by atoms with Crippen LogP contribution in [0.4, 0.5) is 0 Å². The van der Waals surface area contributed by atoms with Crippen LogP contribution in [0.3, 0.4) is 0 Å². The highest BCUT2D eigenvalue weighted by atomic mass is 32.2. The van der Waals surface area contributed by atoms with Crippen molar-refractivity contribution >= 4 is 16.0 Å². The molecule has 0 aliphatic heterocycles. The van der Waals surface area contributed by atoms with E-state index >= 15 is 0 Å². The standard InChI is InChI=1S/C26H22N4O4S/c27-16-7-17-28-35(32,33)24-14-12-21(13-15-24)26(31)34-19-22-18-30(23-10-5-2-6-11-23)29-25(22)20-8-3-1-4-9-20/h1-6,8-15,18,28H,7,17,19H2. The van der Waals surface area contributed by atoms with Gasteiger partial charge in [-0.05, 0) is 36.4 Å². The van der Waals surface area contributed by atoms with Crippen molar-refractivity contribution in [3.8, 4) is 23.0 Å². The number of benzene rings is 3. The summed E-state index contributed by atoms with van der Waals surface area (Å²) in [6.45, 7) is 0.00863. The van der Waals surface area contributed by atoms with Gasteiger partial charge in [0, 0.05) is 30.3 Å². The number of nitrogens with zero attached hydrogens (tertiary/aromatic N) is 3. The Kier molecular flexibility index (Phi) is 7.35. The highest BCUT2D eigenvalue weighted by Crippen LogP contribution is 2.24. The second-order valence-electron chi connectivity index (χ2n) is 7.56. The SMILES string of the molecule is N#CCCNS(=O)(=O)c1ccc(C(=O)OCc2cn(-c3ccccc3)nc2-c2ccccc2)cc1. The largest absolute Gasteiger partial charge is 0.457 e. The zero-order valence-electron chi connectivity index (χ0n) is 18.7. The lowest BCUT2D eigenvalue weighted by atomic mass is 10.1. The van der Waals surface area contributed by atoms with Crippen LogP contribution in [0.2, 0.25) is 0 Å². The first-order valence-corrected chi connectivity index (χ1v) is 12.3. The van der Waals surface area contributed by atoms with Crippen molar-refractivity contribution < 1.29 is 17.9 Å². The van der Waals surface area contributed by atoms with Gasteiger partial charge >= 0.3 is 5.97 Å². The summed E-state index contributed by atoms with van der Waals surface area (Å²) >= 11 is 0. The fourth-order valence-corrected chi connectivity index (χ4v) is 4.42. The molecule has 1 N–H and O–H groups in total. The van der Waals surface area contributed by atoms with Crippen LogP contribution in [0.5, 0.6) is 0 Å². The molecule has 4 rings (SSSR count). The van der Waals surface area contributed by atoms with Crippen molar-refractivity contribution in [1.82, 2.24) is 14.5 Å².